The molecule has 0 spiro atoms. The van der Waals surface area contributed by atoms with Crippen LogP contribution in [0, 0.1) is 0 Å². The van der Waals surface area contributed by atoms with Crippen LogP contribution in [0.25, 0.3) is 0 Å². The highest BCUT2D eigenvalue weighted by Gasteiger charge is 2.12. The number of hydrogen-bond donors (Lipinski definition) is 1. The molecule has 0 fully saturated rings. The molecule has 0 radical (unpaired) electrons. The van der Waals surface area contributed by atoms with Crippen LogP contribution in [0.5, 0.6) is 5.75 Å². The SMILES string of the molecule is CC(C)NC(=O)COc1c(Cl)cc(Cl)cc1C=O. The van der Waals surface area contributed by atoms with E-state index < -0.39 is 0 Å². The van der Waals surface area contributed by atoms with Gasteiger partial charge in [0.25, 0.3) is 5.91 Å². The summed E-state index contributed by atoms with van der Waals surface area (Å²) in [6.45, 7) is 3.47. The third kappa shape index (κ3) is 4.20. The van der Waals surface area contributed by atoms with Gasteiger partial charge >= 0.3 is 0 Å². The summed E-state index contributed by atoms with van der Waals surface area (Å²) in [5.41, 5.74) is 0.213. The number of benzene rings is 1. The zero-order valence-electron chi connectivity index (χ0n) is 10.00. The van der Waals surface area contributed by atoms with Crippen LogP contribution in [0.15, 0.2) is 12.1 Å². The molecule has 18 heavy (non-hydrogen) atoms. The maximum Gasteiger partial charge on any atom is 0.258 e. The number of amides is 1. The van der Waals surface area contributed by atoms with Gasteiger partial charge in [-0.05, 0) is 26.0 Å². The fraction of sp³-hybridized carbons (Fsp3) is 0.333. The predicted octanol–water partition coefficient (Wildman–Crippen LogP) is 2.71. The van der Waals surface area contributed by atoms with E-state index in [0.717, 1.165) is 0 Å². The van der Waals surface area contributed by atoms with Gasteiger partial charge in [0.2, 0.25) is 0 Å². The Morgan fingerprint density at radius 3 is 2.67 bits per heavy atom. The number of carbonyl (C=O) groups excluding carboxylic acids is 2. The molecule has 0 aliphatic heterocycles. The fourth-order valence-electron chi connectivity index (χ4n) is 1.32. The van der Waals surface area contributed by atoms with Crippen molar-refractivity contribution in [3.8, 4) is 5.75 Å². The van der Waals surface area contributed by atoms with E-state index in [9.17, 15) is 9.59 Å². The first-order chi connectivity index (χ1) is 8.43. The van der Waals surface area contributed by atoms with Crippen molar-refractivity contribution in [2.75, 3.05) is 6.61 Å². The van der Waals surface area contributed by atoms with Gasteiger partial charge in [0.05, 0.1) is 10.6 Å². The third-order valence-electron chi connectivity index (χ3n) is 1.96. The Morgan fingerprint density at radius 2 is 2.11 bits per heavy atom. The van der Waals surface area contributed by atoms with Crippen LogP contribution >= 0.6 is 23.2 Å². The Hall–Kier alpha value is -1.26. The predicted molar refractivity (Wildman–Crippen MR) is 70.6 cm³/mol. The molecule has 0 aliphatic rings. The lowest BCUT2D eigenvalue weighted by atomic mass is 10.2. The van der Waals surface area contributed by atoms with Crippen LogP contribution in [0.4, 0.5) is 0 Å². The van der Waals surface area contributed by atoms with Crippen molar-refractivity contribution in [3.63, 3.8) is 0 Å². The summed E-state index contributed by atoms with van der Waals surface area (Å²) < 4.78 is 5.24. The summed E-state index contributed by atoms with van der Waals surface area (Å²) >= 11 is 11.7. The zero-order valence-corrected chi connectivity index (χ0v) is 11.5. The molecule has 0 saturated heterocycles. The van der Waals surface area contributed by atoms with Crippen molar-refractivity contribution >= 4 is 35.4 Å². The maximum absolute atomic E-state index is 11.4. The highest BCUT2D eigenvalue weighted by atomic mass is 35.5. The van der Waals surface area contributed by atoms with Crippen LogP contribution in [0.2, 0.25) is 10.0 Å². The Bertz CT molecular complexity index is 461. The Kier molecular flexibility index (Phi) is 5.44. The highest BCUT2D eigenvalue weighted by molar-refractivity contribution is 6.36. The van der Waals surface area contributed by atoms with Gasteiger partial charge in [-0.2, -0.15) is 0 Å². The molecule has 6 heteroatoms. The van der Waals surface area contributed by atoms with Crippen molar-refractivity contribution in [2.24, 2.45) is 0 Å². The lowest BCUT2D eigenvalue weighted by molar-refractivity contribution is -0.123. The first kappa shape index (κ1) is 14.8. The van der Waals surface area contributed by atoms with Crippen LogP contribution < -0.4 is 10.1 Å². The average molecular weight is 290 g/mol. The quantitative estimate of drug-likeness (QED) is 0.848. The van der Waals surface area contributed by atoms with E-state index in [0.29, 0.717) is 11.3 Å². The number of nitrogens with one attached hydrogen (secondary N) is 1. The molecular weight excluding hydrogens is 277 g/mol. The van der Waals surface area contributed by atoms with E-state index >= 15 is 0 Å². The Morgan fingerprint density at radius 1 is 1.44 bits per heavy atom. The van der Waals surface area contributed by atoms with E-state index in [1.54, 1.807) is 0 Å². The van der Waals surface area contributed by atoms with Gasteiger partial charge in [0.1, 0.15) is 5.75 Å². The molecule has 1 amide bonds. The number of hydrogen-bond acceptors (Lipinski definition) is 3. The second kappa shape index (κ2) is 6.61. The minimum atomic E-state index is -0.284. The third-order valence-corrected chi connectivity index (χ3v) is 2.46. The molecule has 0 aliphatic carbocycles. The standard InChI is InChI=1S/C12H13Cl2NO3/c1-7(2)15-11(17)6-18-12-8(5-16)3-9(13)4-10(12)14/h3-5,7H,6H2,1-2H3,(H,15,17). The molecule has 1 aromatic carbocycles. The maximum atomic E-state index is 11.4. The van der Waals surface area contributed by atoms with E-state index in [1.165, 1.54) is 12.1 Å². The van der Waals surface area contributed by atoms with Crippen LogP contribution in [0.3, 0.4) is 0 Å². The minimum absolute atomic E-state index is 0.0207. The molecule has 0 heterocycles. The molecule has 0 aromatic heterocycles. The van der Waals surface area contributed by atoms with Crippen molar-refractivity contribution in [1.29, 1.82) is 0 Å². The molecular formula is C12H13Cl2NO3. The largest absolute Gasteiger partial charge is 0.481 e. The molecule has 1 aromatic rings. The lowest BCUT2D eigenvalue weighted by Crippen LogP contribution is -2.34. The number of halogens is 2. The summed E-state index contributed by atoms with van der Waals surface area (Å²) in [7, 11) is 0. The molecule has 0 atom stereocenters. The molecule has 0 saturated carbocycles. The van der Waals surface area contributed by atoms with Crippen molar-refractivity contribution in [3.05, 3.63) is 27.7 Å². The van der Waals surface area contributed by atoms with Gasteiger partial charge in [-0.15, -0.1) is 0 Å². The van der Waals surface area contributed by atoms with Crippen LogP contribution in [0.1, 0.15) is 24.2 Å². The topological polar surface area (TPSA) is 55.4 Å². The van der Waals surface area contributed by atoms with E-state index in [2.05, 4.69) is 5.32 Å². The van der Waals surface area contributed by atoms with E-state index in [4.69, 9.17) is 27.9 Å². The molecule has 4 nitrogen and oxygen atoms in total. The van der Waals surface area contributed by atoms with Gasteiger partial charge in [-0.25, -0.2) is 0 Å². The van der Waals surface area contributed by atoms with Gasteiger partial charge in [-0.3, -0.25) is 9.59 Å². The summed E-state index contributed by atoms with van der Waals surface area (Å²) in [4.78, 5) is 22.3. The van der Waals surface area contributed by atoms with E-state index in [-0.39, 0.29) is 34.9 Å². The van der Waals surface area contributed by atoms with Gasteiger partial charge in [-0.1, -0.05) is 23.2 Å². The summed E-state index contributed by atoms with van der Waals surface area (Å²) in [5, 5.41) is 3.19. The summed E-state index contributed by atoms with van der Waals surface area (Å²) in [5.74, 6) is -0.122. The Labute approximate surface area is 115 Å². The Balaban J connectivity index is 2.78. The summed E-state index contributed by atoms with van der Waals surface area (Å²) in [6, 6.07) is 2.90. The molecule has 1 rings (SSSR count). The van der Waals surface area contributed by atoms with Crippen molar-refractivity contribution < 1.29 is 14.3 Å². The van der Waals surface area contributed by atoms with Gasteiger partial charge < -0.3 is 10.1 Å². The summed E-state index contributed by atoms with van der Waals surface area (Å²) in [6.07, 6.45) is 0.577. The average Bonchev–Trinajstić information content (AvgIpc) is 2.25. The van der Waals surface area contributed by atoms with Crippen molar-refractivity contribution in [1.82, 2.24) is 5.32 Å². The minimum Gasteiger partial charge on any atom is -0.481 e. The lowest BCUT2D eigenvalue weighted by Gasteiger charge is -2.12. The fourth-order valence-corrected chi connectivity index (χ4v) is 1.89. The van der Waals surface area contributed by atoms with Crippen LogP contribution in [-0.4, -0.2) is 24.8 Å². The molecule has 98 valence electrons. The van der Waals surface area contributed by atoms with Gasteiger partial charge in [0, 0.05) is 11.1 Å². The second-order valence-electron chi connectivity index (χ2n) is 3.93. The first-order valence-corrected chi connectivity index (χ1v) is 6.06. The molecule has 1 N–H and O–H groups in total. The number of aldehydes is 1. The smallest absolute Gasteiger partial charge is 0.258 e. The zero-order chi connectivity index (χ0) is 13.7. The van der Waals surface area contributed by atoms with E-state index in [1.807, 2.05) is 13.8 Å². The monoisotopic (exact) mass is 289 g/mol. The van der Waals surface area contributed by atoms with Gasteiger partial charge in [0.15, 0.2) is 12.9 Å². The number of carbonyl (C=O) groups is 2. The highest BCUT2D eigenvalue weighted by Crippen LogP contribution is 2.31. The first-order valence-electron chi connectivity index (χ1n) is 5.30. The van der Waals surface area contributed by atoms with Crippen LogP contribution in [-0.2, 0) is 4.79 Å². The number of rotatable bonds is 5. The van der Waals surface area contributed by atoms with Crippen molar-refractivity contribution in [2.45, 2.75) is 19.9 Å². The number of ether oxygens (including phenoxy) is 1. The molecule has 0 unspecified atom stereocenters. The second-order valence-corrected chi connectivity index (χ2v) is 4.78. The molecule has 0 bridgehead atoms. The normalized spacial score (nSPS) is 10.3.